The highest BCUT2D eigenvalue weighted by Crippen LogP contribution is 2.36. The molecular weight excluding hydrogens is 318 g/mol. The van der Waals surface area contributed by atoms with Crippen molar-refractivity contribution in [3.63, 3.8) is 0 Å². The number of ether oxygens (including phenoxy) is 1. The second-order valence-electron chi connectivity index (χ2n) is 6.74. The van der Waals surface area contributed by atoms with Gasteiger partial charge < -0.3 is 14.4 Å². The van der Waals surface area contributed by atoms with E-state index in [0.29, 0.717) is 22.8 Å². The molecule has 25 heavy (non-hydrogen) atoms. The van der Waals surface area contributed by atoms with Gasteiger partial charge in [0.25, 0.3) is 0 Å². The van der Waals surface area contributed by atoms with Crippen LogP contribution in [0.15, 0.2) is 22.7 Å². The number of nitrogens with zero attached hydrogens (tertiary/aromatic N) is 1. The van der Waals surface area contributed by atoms with Crippen LogP contribution in [0.25, 0.3) is 11.6 Å². The van der Waals surface area contributed by atoms with Crippen LogP contribution in [0.3, 0.4) is 0 Å². The number of rotatable bonds is 5. The first-order chi connectivity index (χ1) is 11.7. The number of aryl methyl sites for hydroxylation is 1. The number of carbonyl (C=O) groups excluding carboxylic acids is 1. The van der Waals surface area contributed by atoms with E-state index in [2.05, 4.69) is 5.16 Å². The van der Waals surface area contributed by atoms with Crippen LogP contribution in [0, 0.1) is 6.92 Å². The monoisotopic (exact) mass is 343 g/mol. The van der Waals surface area contributed by atoms with Gasteiger partial charge >= 0.3 is 5.97 Å². The summed E-state index contributed by atoms with van der Waals surface area (Å²) in [4.78, 5) is 12.2. The summed E-state index contributed by atoms with van der Waals surface area (Å²) in [6.45, 7) is 9.87. The first kappa shape index (κ1) is 18.8. The number of esters is 1. The molecule has 0 fully saturated rings. The summed E-state index contributed by atoms with van der Waals surface area (Å²) in [5.74, 6) is 0.480. The van der Waals surface area contributed by atoms with E-state index in [1.54, 1.807) is 19.1 Å². The Balaban J connectivity index is 2.64. The minimum absolute atomic E-state index is 0.153. The van der Waals surface area contributed by atoms with Gasteiger partial charge in [0.05, 0.1) is 12.8 Å². The summed E-state index contributed by atoms with van der Waals surface area (Å²) in [6, 6.07) is 5.46. The molecule has 5 heteroatoms. The van der Waals surface area contributed by atoms with Crippen molar-refractivity contribution < 1.29 is 19.2 Å². The largest absolute Gasteiger partial charge is 0.507 e. The molecule has 0 unspecified atom stereocenters. The van der Waals surface area contributed by atoms with E-state index in [9.17, 15) is 9.90 Å². The quantitative estimate of drug-likeness (QED) is 0.632. The van der Waals surface area contributed by atoms with Crippen LogP contribution in [0.5, 0.6) is 5.75 Å². The number of aromatic hydroxyl groups is 1. The number of hydrogen-bond donors (Lipinski definition) is 1. The predicted octanol–water partition coefficient (Wildman–Crippen LogP) is 4.65. The number of aromatic nitrogens is 1. The number of hydrogen-bond acceptors (Lipinski definition) is 5. The summed E-state index contributed by atoms with van der Waals surface area (Å²) in [6.07, 6.45) is 1.71. The molecule has 0 atom stereocenters. The van der Waals surface area contributed by atoms with Crippen molar-refractivity contribution in [2.24, 2.45) is 0 Å². The lowest BCUT2D eigenvalue weighted by atomic mass is 9.91. The fourth-order valence-electron chi connectivity index (χ4n) is 2.67. The molecule has 0 bridgehead atoms. The van der Waals surface area contributed by atoms with E-state index in [0.717, 1.165) is 16.7 Å². The van der Waals surface area contributed by atoms with Crippen LogP contribution in [0.1, 0.15) is 67.7 Å². The van der Waals surface area contributed by atoms with Gasteiger partial charge in [-0.25, -0.2) is 4.79 Å². The minimum Gasteiger partial charge on any atom is -0.507 e. The fourth-order valence-corrected chi connectivity index (χ4v) is 2.67. The van der Waals surface area contributed by atoms with Crippen molar-refractivity contribution >= 4 is 17.6 Å². The molecule has 0 aliphatic rings. The van der Waals surface area contributed by atoms with E-state index >= 15 is 0 Å². The molecule has 1 aromatic carbocycles. The lowest BCUT2D eigenvalue weighted by molar-refractivity contribution is -0.133. The molecule has 2 rings (SSSR count). The van der Waals surface area contributed by atoms with E-state index < -0.39 is 5.97 Å². The smallest absolute Gasteiger partial charge is 0.341 e. The Bertz CT molecular complexity index is 771. The molecule has 0 spiro atoms. The zero-order valence-corrected chi connectivity index (χ0v) is 15.6. The Morgan fingerprint density at radius 1 is 1.16 bits per heavy atom. The lowest BCUT2D eigenvalue weighted by Crippen LogP contribution is -2.04. The third kappa shape index (κ3) is 4.10. The number of carbonyl (C=O) groups is 1. The van der Waals surface area contributed by atoms with Gasteiger partial charge in [0.1, 0.15) is 11.3 Å². The summed E-state index contributed by atoms with van der Waals surface area (Å²) >= 11 is 0. The summed E-state index contributed by atoms with van der Waals surface area (Å²) < 4.78 is 10.1. The average molecular weight is 343 g/mol. The highest BCUT2D eigenvalue weighted by atomic mass is 16.5. The number of phenolic OH excluding ortho intramolecular Hbond substituents is 1. The molecule has 2 aromatic rings. The minimum atomic E-state index is -0.499. The van der Waals surface area contributed by atoms with Crippen molar-refractivity contribution in [3.8, 4) is 5.75 Å². The summed E-state index contributed by atoms with van der Waals surface area (Å²) in [5, 5.41) is 14.4. The summed E-state index contributed by atoms with van der Waals surface area (Å²) in [5.41, 5.74) is 3.46. The van der Waals surface area contributed by atoms with Gasteiger partial charge in [-0.3, -0.25) is 0 Å². The van der Waals surface area contributed by atoms with Gasteiger partial charge in [-0.15, -0.1) is 0 Å². The molecule has 1 heterocycles. The average Bonchev–Trinajstić information content (AvgIpc) is 2.98. The maximum absolute atomic E-state index is 12.2. The lowest BCUT2D eigenvalue weighted by Gasteiger charge is -2.16. The predicted molar refractivity (Wildman–Crippen MR) is 97.4 cm³/mol. The van der Waals surface area contributed by atoms with Crippen molar-refractivity contribution in [2.45, 2.75) is 46.5 Å². The third-order valence-corrected chi connectivity index (χ3v) is 4.04. The Labute approximate surface area is 148 Å². The maximum atomic E-state index is 12.2. The molecule has 0 amide bonds. The van der Waals surface area contributed by atoms with Crippen LogP contribution in [-0.4, -0.2) is 23.3 Å². The van der Waals surface area contributed by atoms with Crippen molar-refractivity contribution in [2.75, 3.05) is 7.11 Å². The molecule has 0 aliphatic heterocycles. The molecular formula is C20H25NO4. The molecule has 0 saturated carbocycles. The third-order valence-electron chi connectivity index (χ3n) is 4.04. The van der Waals surface area contributed by atoms with E-state index in [1.165, 1.54) is 7.11 Å². The van der Waals surface area contributed by atoms with E-state index in [4.69, 9.17) is 9.26 Å². The second kappa shape index (κ2) is 7.55. The van der Waals surface area contributed by atoms with Crippen molar-refractivity contribution in [1.29, 1.82) is 0 Å². The summed E-state index contributed by atoms with van der Waals surface area (Å²) in [7, 11) is 1.33. The molecule has 1 aromatic heterocycles. The van der Waals surface area contributed by atoms with Gasteiger partial charge in [0.15, 0.2) is 5.76 Å². The fraction of sp³-hybridized carbons (Fsp3) is 0.400. The van der Waals surface area contributed by atoms with Gasteiger partial charge in [-0.2, -0.15) is 0 Å². The highest BCUT2D eigenvalue weighted by molar-refractivity contribution is 6.20. The number of phenols is 1. The number of methoxy groups -OCH3 is 1. The first-order valence-corrected chi connectivity index (χ1v) is 8.35. The molecule has 0 radical (unpaired) electrons. The molecule has 0 saturated heterocycles. The molecule has 0 aliphatic carbocycles. The van der Waals surface area contributed by atoms with Crippen LogP contribution in [-0.2, 0) is 9.53 Å². The SMILES string of the molecule is COC(=O)C(=Cc1cc(C(C)C)c(O)c(C(C)C)c1)c1cc(C)no1. The molecule has 1 N–H and O–H groups in total. The Morgan fingerprint density at radius 2 is 1.72 bits per heavy atom. The van der Waals surface area contributed by atoms with Gasteiger partial charge in [0, 0.05) is 6.07 Å². The van der Waals surface area contributed by atoms with Crippen LogP contribution in [0.2, 0.25) is 0 Å². The maximum Gasteiger partial charge on any atom is 0.341 e. The highest BCUT2D eigenvalue weighted by Gasteiger charge is 2.19. The Kier molecular flexibility index (Phi) is 5.67. The van der Waals surface area contributed by atoms with Gasteiger partial charge in [-0.05, 0) is 53.7 Å². The molecule has 134 valence electrons. The number of benzene rings is 1. The van der Waals surface area contributed by atoms with Crippen molar-refractivity contribution in [1.82, 2.24) is 5.16 Å². The standard InChI is InChI=1S/C20H25NO4/c1-11(2)15-8-14(9-16(12(3)4)19(15)22)10-17(20(23)24-6)18-7-13(5)21-25-18/h7-12,22H,1-6H3. The van der Waals surface area contributed by atoms with E-state index in [1.807, 2.05) is 39.8 Å². The van der Waals surface area contributed by atoms with E-state index in [-0.39, 0.29) is 11.8 Å². The Morgan fingerprint density at radius 3 is 2.12 bits per heavy atom. The molecule has 5 nitrogen and oxygen atoms in total. The van der Waals surface area contributed by atoms with Crippen LogP contribution >= 0.6 is 0 Å². The van der Waals surface area contributed by atoms with Gasteiger partial charge in [0.2, 0.25) is 0 Å². The zero-order chi connectivity index (χ0) is 18.7. The first-order valence-electron chi connectivity index (χ1n) is 8.35. The van der Waals surface area contributed by atoms with Crippen LogP contribution in [0.4, 0.5) is 0 Å². The Hall–Kier alpha value is -2.56. The topological polar surface area (TPSA) is 72.6 Å². The van der Waals surface area contributed by atoms with Crippen molar-refractivity contribution in [3.05, 3.63) is 46.3 Å². The normalized spacial score (nSPS) is 12.1. The second-order valence-corrected chi connectivity index (χ2v) is 6.74. The van der Waals surface area contributed by atoms with Crippen LogP contribution < -0.4 is 0 Å². The zero-order valence-electron chi connectivity index (χ0n) is 15.6. The van der Waals surface area contributed by atoms with Gasteiger partial charge in [-0.1, -0.05) is 32.9 Å².